The topological polar surface area (TPSA) is 50.4 Å². The van der Waals surface area contributed by atoms with E-state index in [0.717, 1.165) is 10.4 Å². The molecule has 0 aliphatic carbocycles. The normalized spacial score (nSPS) is 10.3. The molecule has 2 aromatic rings. The van der Waals surface area contributed by atoms with Crippen LogP contribution in [0.5, 0.6) is 0 Å². The SMILES string of the molecule is CCc1c(C)sc(NC(=S)Nc2ccccc2F)c1C(=O)OC. The molecule has 0 spiro atoms. The zero-order valence-electron chi connectivity index (χ0n) is 13.0. The summed E-state index contributed by atoms with van der Waals surface area (Å²) in [6.45, 7) is 3.91. The van der Waals surface area contributed by atoms with Gasteiger partial charge in [0.1, 0.15) is 10.8 Å². The van der Waals surface area contributed by atoms with Gasteiger partial charge >= 0.3 is 5.97 Å². The maximum atomic E-state index is 13.7. The van der Waals surface area contributed by atoms with Crippen LogP contribution in [0.25, 0.3) is 0 Å². The molecule has 0 fully saturated rings. The van der Waals surface area contributed by atoms with Gasteiger partial charge in [-0.2, -0.15) is 0 Å². The van der Waals surface area contributed by atoms with Crippen LogP contribution in [0.2, 0.25) is 0 Å². The minimum atomic E-state index is -0.414. The fourth-order valence-corrected chi connectivity index (χ4v) is 3.64. The molecule has 2 rings (SSSR count). The summed E-state index contributed by atoms with van der Waals surface area (Å²) in [6.07, 6.45) is 0.710. The maximum absolute atomic E-state index is 13.7. The number of benzene rings is 1. The van der Waals surface area contributed by atoms with E-state index in [4.69, 9.17) is 17.0 Å². The van der Waals surface area contributed by atoms with E-state index < -0.39 is 11.8 Å². The number of esters is 1. The lowest BCUT2D eigenvalue weighted by Gasteiger charge is -2.11. The molecule has 23 heavy (non-hydrogen) atoms. The number of hydrogen-bond acceptors (Lipinski definition) is 4. The van der Waals surface area contributed by atoms with Crippen molar-refractivity contribution in [2.75, 3.05) is 17.7 Å². The Morgan fingerprint density at radius 1 is 1.35 bits per heavy atom. The van der Waals surface area contributed by atoms with E-state index >= 15 is 0 Å². The van der Waals surface area contributed by atoms with Crippen molar-refractivity contribution in [3.05, 3.63) is 46.1 Å². The number of halogens is 1. The molecule has 1 heterocycles. The quantitative estimate of drug-likeness (QED) is 0.633. The monoisotopic (exact) mass is 352 g/mol. The highest BCUT2D eigenvalue weighted by Gasteiger charge is 2.22. The highest BCUT2D eigenvalue weighted by Crippen LogP contribution is 2.34. The second kappa shape index (κ2) is 7.52. The number of ether oxygens (including phenoxy) is 1. The third-order valence-electron chi connectivity index (χ3n) is 3.30. The largest absolute Gasteiger partial charge is 0.465 e. The van der Waals surface area contributed by atoms with Crippen LogP contribution >= 0.6 is 23.6 Å². The first-order valence-electron chi connectivity index (χ1n) is 7.01. The lowest BCUT2D eigenvalue weighted by atomic mass is 10.1. The molecule has 122 valence electrons. The van der Waals surface area contributed by atoms with Gasteiger partial charge < -0.3 is 15.4 Å². The van der Waals surface area contributed by atoms with Crippen molar-refractivity contribution in [2.24, 2.45) is 0 Å². The summed E-state index contributed by atoms with van der Waals surface area (Å²) in [5.74, 6) is -0.816. The van der Waals surface area contributed by atoms with Crippen LogP contribution in [-0.4, -0.2) is 18.2 Å². The number of anilines is 2. The highest BCUT2D eigenvalue weighted by molar-refractivity contribution is 7.80. The molecule has 4 nitrogen and oxygen atoms in total. The lowest BCUT2D eigenvalue weighted by molar-refractivity contribution is 0.0601. The van der Waals surface area contributed by atoms with Crippen molar-refractivity contribution >= 4 is 45.3 Å². The van der Waals surface area contributed by atoms with Gasteiger partial charge in [0.2, 0.25) is 0 Å². The Bertz CT molecular complexity index is 744. The van der Waals surface area contributed by atoms with Crippen LogP contribution in [-0.2, 0) is 11.2 Å². The van der Waals surface area contributed by atoms with Gasteiger partial charge in [-0.05, 0) is 43.3 Å². The second-order valence-corrected chi connectivity index (χ2v) is 6.38. The first-order chi connectivity index (χ1) is 11.0. The summed E-state index contributed by atoms with van der Waals surface area (Å²) >= 11 is 6.63. The number of carbonyl (C=O) groups excluding carboxylic acids is 1. The van der Waals surface area contributed by atoms with Gasteiger partial charge in [0.25, 0.3) is 0 Å². The minimum Gasteiger partial charge on any atom is -0.465 e. The predicted octanol–water partition coefficient (Wildman–Crippen LogP) is 4.35. The van der Waals surface area contributed by atoms with Gasteiger partial charge in [0.15, 0.2) is 5.11 Å². The number of methoxy groups -OCH3 is 1. The van der Waals surface area contributed by atoms with E-state index in [0.29, 0.717) is 17.0 Å². The number of para-hydroxylation sites is 1. The number of nitrogens with one attached hydrogen (secondary N) is 2. The van der Waals surface area contributed by atoms with Gasteiger partial charge in [0, 0.05) is 4.88 Å². The van der Waals surface area contributed by atoms with Crippen LogP contribution < -0.4 is 10.6 Å². The molecule has 2 N–H and O–H groups in total. The van der Waals surface area contributed by atoms with E-state index in [2.05, 4.69) is 10.6 Å². The van der Waals surface area contributed by atoms with E-state index in [1.165, 1.54) is 24.5 Å². The summed E-state index contributed by atoms with van der Waals surface area (Å²) < 4.78 is 18.5. The standard InChI is InChI=1S/C16H17FN2O2S2/c1-4-10-9(2)23-14(13(10)15(20)21-3)19-16(22)18-12-8-6-5-7-11(12)17/h5-8H,4H2,1-3H3,(H2,18,19,22). The average molecular weight is 352 g/mol. The Labute approximate surface area is 143 Å². The molecule has 1 aromatic heterocycles. The Hall–Kier alpha value is -1.99. The van der Waals surface area contributed by atoms with Crippen molar-refractivity contribution in [1.29, 1.82) is 0 Å². The van der Waals surface area contributed by atoms with Crippen molar-refractivity contribution in [2.45, 2.75) is 20.3 Å². The van der Waals surface area contributed by atoms with Crippen LogP contribution in [0, 0.1) is 12.7 Å². The molecule has 0 saturated heterocycles. The molecule has 7 heteroatoms. The molecule has 0 bridgehead atoms. The van der Waals surface area contributed by atoms with Crippen LogP contribution in [0.1, 0.15) is 27.7 Å². The summed E-state index contributed by atoms with van der Waals surface area (Å²) in [5.41, 5.74) is 1.68. The van der Waals surface area contributed by atoms with Gasteiger partial charge in [-0.1, -0.05) is 19.1 Å². The summed E-state index contributed by atoms with van der Waals surface area (Å²) in [6, 6.07) is 6.23. The third-order valence-corrected chi connectivity index (χ3v) is 4.57. The molecule has 0 aliphatic heterocycles. The molecule has 0 atom stereocenters. The Kier molecular flexibility index (Phi) is 5.68. The smallest absolute Gasteiger partial charge is 0.341 e. The summed E-state index contributed by atoms with van der Waals surface area (Å²) in [5, 5.41) is 6.57. The van der Waals surface area contributed by atoms with Gasteiger partial charge in [0.05, 0.1) is 18.4 Å². The fraction of sp³-hybridized carbons (Fsp3) is 0.250. The van der Waals surface area contributed by atoms with Crippen LogP contribution in [0.4, 0.5) is 15.1 Å². The lowest BCUT2D eigenvalue weighted by Crippen LogP contribution is -2.20. The summed E-state index contributed by atoms with van der Waals surface area (Å²) in [7, 11) is 1.34. The Morgan fingerprint density at radius 2 is 2.04 bits per heavy atom. The zero-order valence-corrected chi connectivity index (χ0v) is 14.7. The van der Waals surface area contributed by atoms with Crippen molar-refractivity contribution < 1.29 is 13.9 Å². The number of aryl methyl sites for hydroxylation is 1. The Balaban J connectivity index is 2.24. The molecule has 0 radical (unpaired) electrons. The maximum Gasteiger partial charge on any atom is 0.341 e. The fourth-order valence-electron chi connectivity index (χ4n) is 2.23. The van der Waals surface area contributed by atoms with Crippen LogP contribution in [0.3, 0.4) is 0 Å². The molecule has 0 aliphatic rings. The van der Waals surface area contributed by atoms with Crippen molar-refractivity contribution in [1.82, 2.24) is 0 Å². The van der Waals surface area contributed by atoms with E-state index in [9.17, 15) is 9.18 Å². The minimum absolute atomic E-state index is 0.212. The molecule has 0 saturated carbocycles. The van der Waals surface area contributed by atoms with Gasteiger partial charge in [-0.25, -0.2) is 9.18 Å². The number of hydrogen-bond donors (Lipinski definition) is 2. The Morgan fingerprint density at radius 3 is 2.65 bits per heavy atom. The van der Waals surface area contributed by atoms with E-state index in [-0.39, 0.29) is 10.8 Å². The van der Waals surface area contributed by atoms with Gasteiger partial charge in [-0.15, -0.1) is 11.3 Å². The number of carbonyl (C=O) groups is 1. The molecule has 1 aromatic carbocycles. The van der Waals surface area contributed by atoms with Crippen LogP contribution in [0.15, 0.2) is 24.3 Å². The van der Waals surface area contributed by atoms with Gasteiger partial charge in [-0.3, -0.25) is 0 Å². The van der Waals surface area contributed by atoms with Crippen molar-refractivity contribution in [3.63, 3.8) is 0 Å². The number of thiophene rings is 1. The molecular weight excluding hydrogens is 335 g/mol. The van der Waals surface area contributed by atoms with E-state index in [1.54, 1.807) is 18.2 Å². The first-order valence-corrected chi connectivity index (χ1v) is 8.23. The molecule has 0 unspecified atom stereocenters. The molecule has 0 amide bonds. The third kappa shape index (κ3) is 3.86. The average Bonchev–Trinajstić information content (AvgIpc) is 2.83. The predicted molar refractivity (Wildman–Crippen MR) is 96.0 cm³/mol. The summed E-state index contributed by atoms with van der Waals surface area (Å²) in [4.78, 5) is 13.1. The van der Waals surface area contributed by atoms with E-state index in [1.807, 2.05) is 13.8 Å². The number of thiocarbonyl (C=S) groups is 1. The first kappa shape index (κ1) is 17.4. The number of rotatable bonds is 4. The highest BCUT2D eigenvalue weighted by atomic mass is 32.1. The zero-order chi connectivity index (χ0) is 17.0. The van der Waals surface area contributed by atoms with Crippen molar-refractivity contribution in [3.8, 4) is 0 Å². The molecular formula is C16H17FN2O2S2. The second-order valence-electron chi connectivity index (χ2n) is 4.75.